The van der Waals surface area contributed by atoms with Gasteiger partial charge in [0.15, 0.2) is 0 Å². The molecule has 2 fully saturated rings. The topological polar surface area (TPSA) is 62.3 Å². The maximum absolute atomic E-state index is 12.2. The average molecular weight is 355 g/mol. The number of hydrogen-bond donors (Lipinski definition) is 0. The van der Waals surface area contributed by atoms with Crippen LogP contribution in [0.4, 0.5) is 9.59 Å². The van der Waals surface area contributed by atoms with Crippen molar-refractivity contribution in [2.75, 3.05) is 40.3 Å². The van der Waals surface area contributed by atoms with Gasteiger partial charge in [-0.25, -0.2) is 9.59 Å². The minimum Gasteiger partial charge on any atom is -0.453 e. The molecule has 0 aromatic rings. The second kappa shape index (κ2) is 8.25. The molecule has 2 amide bonds. The first-order chi connectivity index (χ1) is 11.7. The molecule has 2 aliphatic rings. The summed E-state index contributed by atoms with van der Waals surface area (Å²) in [6.45, 7) is 8.92. The first kappa shape index (κ1) is 19.8. The first-order valence-electron chi connectivity index (χ1n) is 9.24. The predicted octanol–water partition coefficient (Wildman–Crippen LogP) is 2.55. The van der Waals surface area contributed by atoms with Crippen LogP contribution in [0.3, 0.4) is 0 Å². The van der Waals surface area contributed by atoms with Crippen molar-refractivity contribution in [3.63, 3.8) is 0 Å². The van der Waals surface area contributed by atoms with Gasteiger partial charge in [0.2, 0.25) is 0 Å². The molecule has 0 unspecified atom stereocenters. The third kappa shape index (κ3) is 5.49. The number of nitrogens with zero attached hydrogens (tertiary/aromatic N) is 3. The zero-order valence-corrected chi connectivity index (χ0v) is 16.3. The van der Waals surface area contributed by atoms with Crippen LogP contribution in [0.5, 0.6) is 0 Å². The van der Waals surface area contributed by atoms with E-state index < -0.39 is 5.60 Å². The first-order valence-corrected chi connectivity index (χ1v) is 9.24. The molecule has 1 heterocycles. The monoisotopic (exact) mass is 355 g/mol. The summed E-state index contributed by atoms with van der Waals surface area (Å²) in [6.07, 6.45) is 3.69. The maximum atomic E-state index is 12.2. The molecule has 7 nitrogen and oxygen atoms in total. The van der Waals surface area contributed by atoms with Crippen molar-refractivity contribution >= 4 is 12.2 Å². The Morgan fingerprint density at radius 2 is 1.56 bits per heavy atom. The lowest BCUT2D eigenvalue weighted by Crippen LogP contribution is -2.53. The third-order valence-corrected chi connectivity index (χ3v) is 5.16. The highest BCUT2D eigenvalue weighted by molar-refractivity contribution is 5.68. The molecule has 0 aromatic carbocycles. The van der Waals surface area contributed by atoms with Gasteiger partial charge in [-0.1, -0.05) is 0 Å². The van der Waals surface area contributed by atoms with E-state index >= 15 is 0 Å². The lowest BCUT2D eigenvalue weighted by Gasteiger charge is -2.42. The van der Waals surface area contributed by atoms with Crippen LogP contribution in [0.1, 0.15) is 46.5 Å². The Kier molecular flexibility index (Phi) is 6.54. The van der Waals surface area contributed by atoms with Crippen LogP contribution in [0.15, 0.2) is 0 Å². The highest BCUT2D eigenvalue weighted by atomic mass is 16.6. The lowest BCUT2D eigenvalue weighted by atomic mass is 9.89. The number of hydrogen-bond acceptors (Lipinski definition) is 5. The lowest BCUT2D eigenvalue weighted by molar-refractivity contribution is 0.0127. The van der Waals surface area contributed by atoms with Crippen LogP contribution in [0.2, 0.25) is 0 Å². The van der Waals surface area contributed by atoms with Gasteiger partial charge >= 0.3 is 12.2 Å². The Morgan fingerprint density at radius 3 is 2.04 bits per heavy atom. The van der Waals surface area contributed by atoms with E-state index in [4.69, 9.17) is 9.47 Å². The van der Waals surface area contributed by atoms with Crippen molar-refractivity contribution in [2.24, 2.45) is 0 Å². The molecular formula is C18H33N3O4. The van der Waals surface area contributed by atoms with E-state index in [-0.39, 0.29) is 18.2 Å². The Balaban J connectivity index is 1.76. The molecule has 7 heteroatoms. The second-order valence-corrected chi connectivity index (χ2v) is 8.05. The van der Waals surface area contributed by atoms with E-state index in [0.717, 1.165) is 51.9 Å². The largest absolute Gasteiger partial charge is 0.453 e. The zero-order chi connectivity index (χ0) is 18.6. The van der Waals surface area contributed by atoms with Gasteiger partial charge in [-0.3, -0.25) is 4.90 Å². The molecule has 1 aliphatic heterocycles. The molecule has 1 saturated heterocycles. The Hall–Kier alpha value is -1.50. The highest BCUT2D eigenvalue weighted by Gasteiger charge is 2.33. The molecule has 2 rings (SSSR count). The van der Waals surface area contributed by atoms with Gasteiger partial charge < -0.3 is 19.3 Å². The number of rotatable bonds is 2. The van der Waals surface area contributed by atoms with Crippen LogP contribution >= 0.6 is 0 Å². The van der Waals surface area contributed by atoms with Gasteiger partial charge in [0.05, 0.1) is 7.11 Å². The van der Waals surface area contributed by atoms with Crippen molar-refractivity contribution in [3.05, 3.63) is 0 Å². The van der Waals surface area contributed by atoms with Crippen molar-refractivity contribution in [2.45, 2.75) is 64.1 Å². The van der Waals surface area contributed by atoms with Crippen LogP contribution in [-0.2, 0) is 9.47 Å². The molecule has 25 heavy (non-hydrogen) atoms. The minimum atomic E-state index is -0.456. The normalized spacial score (nSPS) is 25.4. The van der Waals surface area contributed by atoms with E-state index in [0.29, 0.717) is 6.04 Å². The van der Waals surface area contributed by atoms with Crippen molar-refractivity contribution in [1.82, 2.24) is 14.7 Å². The summed E-state index contributed by atoms with van der Waals surface area (Å²) in [5, 5.41) is 0. The van der Waals surface area contributed by atoms with E-state index in [1.54, 1.807) is 9.80 Å². The fourth-order valence-electron chi connectivity index (χ4n) is 3.69. The SMILES string of the molecule is COC(=O)N1CCN(C2CCC(N(C)C(=O)OC(C)(C)C)CC2)CC1. The number of amides is 2. The molecule has 1 saturated carbocycles. The van der Waals surface area contributed by atoms with Gasteiger partial charge in [0, 0.05) is 45.3 Å². The minimum absolute atomic E-state index is 0.234. The van der Waals surface area contributed by atoms with Gasteiger partial charge in [-0.15, -0.1) is 0 Å². The van der Waals surface area contributed by atoms with E-state index in [1.807, 2.05) is 27.8 Å². The third-order valence-electron chi connectivity index (χ3n) is 5.16. The zero-order valence-electron chi connectivity index (χ0n) is 16.3. The number of piperazine rings is 1. The summed E-state index contributed by atoms with van der Waals surface area (Å²) in [4.78, 5) is 29.8. The molecular weight excluding hydrogens is 322 g/mol. The van der Waals surface area contributed by atoms with Crippen LogP contribution in [0.25, 0.3) is 0 Å². The molecule has 0 atom stereocenters. The van der Waals surface area contributed by atoms with Gasteiger partial charge in [-0.2, -0.15) is 0 Å². The van der Waals surface area contributed by atoms with Crippen molar-refractivity contribution < 1.29 is 19.1 Å². The van der Waals surface area contributed by atoms with Gasteiger partial charge in [-0.05, 0) is 46.5 Å². The highest BCUT2D eigenvalue weighted by Crippen LogP contribution is 2.27. The fourth-order valence-corrected chi connectivity index (χ4v) is 3.69. The number of ether oxygens (including phenoxy) is 2. The number of methoxy groups -OCH3 is 1. The second-order valence-electron chi connectivity index (χ2n) is 8.05. The molecule has 0 radical (unpaired) electrons. The smallest absolute Gasteiger partial charge is 0.410 e. The average Bonchev–Trinajstić information content (AvgIpc) is 2.59. The van der Waals surface area contributed by atoms with Crippen molar-refractivity contribution in [3.8, 4) is 0 Å². The van der Waals surface area contributed by atoms with Crippen molar-refractivity contribution in [1.29, 1.82) is 0 Å². The summed E-state index contributed by atoms with van der Waals surface area (Å²) in [5.74, 6) is 0. The molecule has 0 bridgehead atoms. The van der Waals surface area contributed by atoms with Crippen LogP contribution in [0, 0.1) is 0 Å². The van der Waals surface area contributed by atoms with Gasteiger partial charge in [0.25, 0.3) is 0 Å². The Morgan fingerprint density at radius 1 is 1.00 bits per heavy atom. The molecule has 0 N–H and O–H groups in total. The summed E-state index contributed by atoms with van der Waals surface area (Å²) in [6, 6.07) is 0.797. The van der Waals surface area contributed by atoms with Crippen LogP contribution in [-0.4, -0.2) is 84.9 Å². The van der Waals surface area contributed by atoms with Gasteiger partial charge in [0.1, 0.15) is 5.60 Å². The molecule has 0 spiro atoms. The molecule has 1 aliphatic carbocycles. The fraction of sp³-hybridized carbons (Fsp3) is 0.889. The summed E-state index contributed by atoms with van der Waals surface area (Å²) >= 11 is 0. The summed E-state index contributed by atoms with van der Waals surface area (Å²) in [7, 11) is 3.27. The number of carbonyl (C=O) groups excluding carboxylic acids is 2. The van der Waals surface area contributed by atoms with E-state index in [2.05, 4.69) is 4.90 Å². The number of carbonyl (C=O) groups is 2. The summed E-state index contributed by atoms with van der Waals surface area (Å²) in [5.41, 5.74) is -0.456. The maximum Gasteiger partial charge on any atom is 0.410 e. The quantitative estimate of drug-likeness (QED) is 0.762. The van der Waals surface area contributed by atoms with Crippen LogP contribution < -0.4 is 0 Å². The molecule has 144 valence electrons. The standard InChI is InChI=1S/C18H33N3O4/c1-18(2,3)25-16(22)19(4)14-6-8-15(9-7-14)20-10-12-21(13-11-20)17(23)24-5/h14-15H,6-13H2,1-5H3. The van der Waals surface area contributed by atoms with E-state index in [1.165, 1.54) is 7.11 Å². The van der Waals surface area contributed by atoms with E-state index in [9.17, 15) is 9.59 Å². The predicted molar refractivity (Wildman–Crippen MR) is 95.6 cm³/mol. The Bertz CT molecular complexity index is 461. The Labute approximate surface area is 151 Å². The summed E-state index contributed by atoms with van der Waals surface area (Å²) < 4.78 is 10.3. The molecule has 0 aromatic heterocycles.